The lowest BCUT2D eigenvalue weighted by atomic mass is 9.42. The van der Waals surface area contributed by atoms with Gasteiger partial charge in [0.15, 0.2) is 5.65 Å². The molecule has 3 aromatic rings. The van der Waals surface area contributed by atoms with Gasteiger partial charge in [0.25, 0.3) is 5.91 Å². The molecule has 0 spiro atoms. The molecule has 2 aliphatic rings. The summed E-state index contributed by atoms with van der Waals surface area (Å²) in [5, 5.41) is 10.4. The molecular weight excluding hydrogens is 433 g/mol. The molecule has 2 saturated carbocycles. The number of carbonyl (C=O) groups is 2. The Morgan fingerprint density at radius 3 is 2.50 bits per heavy atom. The number of nitrogens with one attached hydrogen (secondary N) is 2. The quantitative estimate of drug-likeness (QED) is 0.619. The van der Waals surface area contributed by atoms with E-state index in [1.165, 1.54) is 18.3 Å². The van der Waals surface area contributed by atoms with E-state index in [9.17, 15) is 14.0 Å². The van der Waals surface area contributed by atoms with Crippen LogP contribution in [0.15, 0.2) is 24.4 Å². The van der Waals surface area contributed by atoms with E-state index in [0.717, 1.165) is 11.4 Å². The van der Waals surface area contributed by atoms with Gasteiger partial charge in [-0.05, 0) is 70.2 Å². The van der Waals surface area contributed by atoms with Crippen LogP contribution in [0.4, 0.5) is 10.1 Å². The summed E-state index contributed by atoms with van der Waals surface area (Å²) in [5.41, 5.74) is 2.04. The molecule has 9 heteroatoms. The van der Waals surface area contributed by atoms with Gasteiger partial charge in [0, 0.05) is 11.4 Å². The Balaban J connectivity index is 1.39. The Kier molecular flexibility index (Phi) is 4.57. The summed E-state index contributed by atoms with van der Waals surface area (Å²) in [6.45, 7) is 5.39. The number of hydrogen-bond acceptors (Lipinski definition) is 4. The van der Waals surface area contributed by atoms with Crippen molar-refractivity contribution in [3.8, 4) is 0 Å². The number of aromatic nitrogens is 3. The van der Waals surface area contributed by atoms with E-state index in [0.29, 0.717) is 48.1 Å². The molecule has 2 fully saturated rings. The Morgan fingerprint density at radius 1 is 1.12 bits per heavy atom. The fourth-order valence-electron chi connectivity index (χ4n) is 5.11. The Labute approximate surface area is 189 Å². The first kappa shape index (κ1) is 20.9. The molecule has 2 N–H and O–H groups in total. The normalized spacial score (nSPS) is 23.8. The predicted octanol–water partition coefficient (Wildman–Crippen LogP) is 4.13. The molecule has 0 unspecified atom stereocenters. The number of halogens is 2. The van der Waals surface area contributed by atoms with Gasteiger partial charge in [0.05, 0.1) is 27.9 Å². The van der Waals surface area contributed by atoms with E-state index in [1.54, 1.807) is 11.4 Å². The van der Waals surface area contributed by atoms with Crippen molar-refractivity contribution in [1.29, 1.82) is 0 Å². The average molecular weight is 456 g/mol. The van der Waals surface area contributed by atoms with Crippen LogP contribution in [-0.2, 0) is 4.79 Å². The van der Waals surface area contributed by atoms with E-state index in [-0.39, 0.29) is 16.8 Å². The SMILES string of the molecule is Cc1cc(C)n2ncc(C(=O)NC34CCC3(C(=O)Nc3cc(C)c(F)cc3Cl)CC4)c2n1. The Morgan fingerprint density at radius 2 is 1.84 bits per heavy atom. The molecule has 7 nitrogen and oxygen atoms in total. The number of fused-ring (bicyclic) bond motifs is 2. The lowest BCUT2D eigenvalue weighted by Gasteiger charge is -2.66. The van der Waals surface area contributed by atoms with Crippen molar-refractivity contribution in [2.75, 3.05) is 5.32 Å². The molecule has 0 aliphatic heterocycles. The summed E-state index contributed by atoms with van der Waals surface area (Å²) in [6.07, 6.45) is 4.28. The second-order valence-electron chi connectivity index (χ2n) is 8.99. The first-order valence-electron chi connectivity index (χ1n) is 10.6. The minimum atomic E-state index is -0.698. The van der Waals surface area contributed by atoms with Crippen molar-refractivity contribution < 1.29 is 14.0 Å². The molecule has 0 saturated heterocycles. The van der Waals surface area contributed by atoms with Crippen molar-refractivity contribution in [2.45, 2.75) is 52.0 Å². The molecule has 2 aromatic heterocycles. The third kappa shape index (κ3) is 2.85. The molecule has 0 bridgehead atoms. The lowest BCUT2D eigenvalue weighted by Crippen LogP contribution is -2.77. The Bertz CT molecular complexity index is 1290. The summed E-state index contributed by atoms with van der Waals surface area (Å²) < 4.78 is 15.4. The number of carbonyl (C=O) groups excluding carboxylic acids is 2. The number of anilines is 1. The molecule has 0 radical (unpaired) electrons. The van der Waals surface area contributed by atoms with Crippen LogP contribution in [0.3, 0.4) is 0 Å². The molecule has 2 heterocycles. The van der Waals surface area contributed by atoms with Gasteiger partial charge in [-0.2, -0.15) is 5.10 Å². The fourth-order valence-corrected chi connectivity index (χ4v) is 5.30. The maximum Gasteiger partial charge on any atom is 0.257 e. The van der Waals surface area contributed by atoms with Crippen molar-refractivity contribution in [3.05, 3.63) is 57.8 Å². The molecule has 5 rings (SSSR count). The number of hydrogen-bond donors (Lipinski definition) is 2. The van der Waals surface area contributed by atoms with Gasteiger partial charge in [-0.25, -0.2) is 13.9 Å². The van der Waals surface area contributed by atoms with Crippen molar-refractivity contribution >= 4 is 34.7 Å². The monoisotopic (exact) mass is 455 g/mol. The third-order valence-corrected chi connectivity index (χ3v) is 7.49. The zero-order valence-corrected chi connectivity index (χ0v) is 18.8. The van der Waals surface area contributed by atoms with Crippen LogP contribution in [0, 0.1) is 32.0 Å². The van der Waals surface area contributed by atoms with Crippen LogP contribution in [0.1, 0.15) is 53.0 Å². The first-order valence-corrected chi connectivity index (χ1v) is 11.0. The van der Waals surface area contributed by atoms with E-state index in [4.69, 9.17) is 11.6 Å². The molecule has 166 valence electrons. The Hall–Kier alpha value is -3.00. The van der Waals surface area contributed by atoms with E-state index >= 15 is 0 Å². The van der Waals surface area contributed by atoms with Crippen LogP contribution >= 0.6 is 11.6 Å². The molecule has 0 atom stereocenters. The summed E-state index contributed by atoms with van der Waals surface area (Å²) in [5.74, 6) is -0.912. The predicted molar refractivity (Wildman–Crippen MR) is 118 cm³/mol. The number of amides is 2. The van der Waals surface area contributed by atoms with Crippen molar-refractivity contribution in [2.24, 2.45) is 5.41 Å². The smallest absolute Gasteiger partial charge is 0.257 e. The van der Waals surface area contributed by atoms with Crippen LogP contribution in [0.2, 0.25) is 5.02 Å². The molecule has 2 aliphatic carbocycles. The summed E-state index contributed by atoms with van der Waals surface area (Å²) in [4.78, 5) is 30.9. The van der Waals surface area contributed by atoms with Gasteiger partial charge in [-0.1, -0.05) is 11.6 Å². The molecular formula is C23H23ClFN5O2. The van der Waals surface area contributed by atoms with E-state index in [1.807, 2.05) is 19.9 Å². The highest BCUT2D eigenvalue weighted by Crippen LogP contribution is 2.64. The third-order valence-electron chi connectivity index (χ3n) is 7.18. The summed E-state index contributed by atoms with van der Waals surface area (Å²) in [6, 6.07) is 4.62. The minimum Gasteiger partial charge on any atom is -0.345 e. The molecule has 2 amide bonds. The highest BCUT2D eigenvalue weighted by molar-refractivity contribution is 6.33. The van der Waals surface area contributed by atoms with Gasteiger partial charge in [-0.3, -0.25) is 9.59 Å². The maximum absolute atomic E-state index is 13.7. The van der Waals surface area contributed by atoms with Crippen LogP contribution in [0.25, 0.3) is 5.65 Å². The minimum absolute atomic E-state index is 0.148. The number of aryl methyl sites for hydroxylation is 3. The van der Waals surface area contributed by atoms with Gasteiger partial charge >= 0.3 is 0 Å². The molecule has 32 heavy (non-hydrogen) atoms. The van der Waals surface area contributed by atoms with Crippen LogP contribution in [-0.4, -0.2) is 32.0 Å². The highest BCUT2D eigenvalue weighted by atomic mass is 35.5. The van der Waals surface area contributed by atoms with Crippen LogP contribution in [0.5, 0.6) is 0 Å². The number of rotatable bonds is 4. The number of benzene rings is 1. The second kappa shape index (κ2) is 7.00. The van der Waals surface area contributed by atoms with Gasteiger partial charge in [-0.15, -0.1) is 0 Å². The zero-order valence-electron chi connectivity index (χ0n) is 18.1. The largest absolute Gasteiger partial charge is 0.345 e. The van der Waals surface area contributed by atoms with E-state index in [2.05, 4.69) is 20.7 Å². The first-order chi connectivity index (χ1) is 15.2. The van der Waals surface area contributed by atoms with Crippen molar-refractivity contribution in [3.63, 3.8) is 0 Å². The number of nitrogens with zero attached hydrogens (tertiary/aromatic N) is 3. The lowest BCUT2D eigenvalue weighted by molar-refractivity contribution is -0.161. The average Bonchev–Trinajstić information content (AvgIpc) is 3.15. The topological polar surface area (TPSA) is 88.4 Å². The fraction of sp³-hybridized carbons (Fsp3) is 0.391. The van der Waals surface area contributed by atoms with Gasteiger partial charge < -0.3 is 10.6 Å². The highest BCUT2D eigenvalue weighted by Gasteiger charge is 2.70. The summed E-state index contributed by atoms with van der Waals surface area (Å²) >= 11 is 6.14. The summed E-state index contributed by atoms with van der Waals surface area (Å²) in [7, 11) is 0. The van der Waals surface area contributed by atoms with Crippen LogP contribution < -0.4 is 10.6 Å². The standard InChI is InChI=1S/C23H23ClFN5O2/c1-12-8-18(16(24)10-17(12)25)28-21(32)22-4-6-23(22,7-5-22)29-20(31)15-11-26-30-14(3)9-13(2)27-19(15)30/h8-11H,4-7H2,1-3H3,(H,28,32)(H,29,31). The molecule has 1 aromatic carbocycles. The maximum atomic E-state index is 13.7. The van der Waals surface area contributed by atoms with Crippen molar-refractivity contribution in [1.82, 2.24) is 19.9 Å². The van der Waals surface area contributed by atoms with Gasteiger partial charge in [0.2, 0.25) is 5.91 Å². The van der Waals surface area contributed by atoms with E-state index < -0.39 is 16.8 Å². The van der Waals surface area contributed by atoms with Gasteiger partial charge in [0.1, 0.15) is 11.4 Å². The zero-order chi connectivity index (χ0) is 22.8. The second-order valence-corrected chi connectivity index (χ2v) is 9.39.